The molecule has 17 heavy (non-hydrogen) atoms. The lowest BCUT2D eigenvalue weighted by Crippen LogP contribution is -2.18. The van der Waals surface area contributed by atoms with Crippen molar-refractivity contribution < 1.29 is 4.74 Å². The van der Waals surface area contributed by atoms with E-state index >= 15 is 0 Å². The van der Waals surface area contributed by atoms with Crippen molar-refractivity contribution in [1.82, 2.24) is 9.78 Å². The van der Waals surface area contributed by atoms with Crippen LogP contribution in [0.4, 0.5) is 0 Å². The Balaban J connectivity index is 1.85. The van der Waals surface area contributed by atoms with Gasteiger partial charge in [0.2, 0.25) is 0 Å². The SMILES string of the molecule is Brc1cnn(CC2CCOc3ccccc32)c1. The number of nitrogens with zero attached hydrogens (tertiary/aromatic N) is 2. The second kappa shape index (κ2) is 4.53. The van der Waals surface area contributed by atoms with Crippen molar-refractivity contribution in [2.75, 3.05) is 6.61 Å². The molecule has 4 heteroatoms. The number of para-hydroxylation sites is 1. The molecular formula is C13H13BrN2O. The minimum absolute atomic E-state index is 0.492. The molecule has 1 aliphatic heterocycles. The summed E-state index contributed by atoms with van der Waals surface area (Å²) >= 11 is 3.42. The van der Waals surface area contributed by atoms with Crippen molar-refractivity contribution in [3.05, 3.63) is 46.7 Å². The lowest BCUT2D eigenvalue weighted by atomic mass is 9.93. The van der Waals surface area contributed by atoms with Crippen LogP contribution in [0.25, 0.3) is 0 Å². The second-order valence-electron chi connectivity index (χ2n) is 4.25. The number of benzene rings is 1. The minimum Gasteiger partial charge on any atom is -0.493 e. The first-order valence-corrected chi connectivity index (χ1v) is 6.52. The smallest absolute Gasteiger partial charge is 0.122 e. The van der Waals surface area contributed by atoms with Gasteiger partial charge in [0.05, 0.1) is 17.3 Å². The number of halogens is 1. The van der Waals surface area contributed by atoms with Gasteiger partial charge in [-0.25, -0.2) is 0 Å². The van der Waals surface area contributed by atoms with Crippen LogP contribution in [-0.2, 0) is 6.54 Å². The van der Waals surface area contributed by atoms with E-state index in [2.05, 4.69) is 33.2 Å². The number of rotatable bonds is 2. The van der Waals surface area contributed by atoms with Gasteiger partial charge in [-0.15, -0.1) is 0 Å². The fourth-order valence-electron chi connectivity index (χ4n) is 2.27. The van der Waals surface area contributed by atoms with Gasteiger partial charge >= 0.3 is 0 Å². The van der Waals surface area contributed by atoms with Gasteiger partial charge in [0.1, 0.15) is 5.75 Å². The molecule has 0 fully saturated rings. The lowest BCUT2D eigenvalue weighted by Gasteiger charge is -2.25. The van der Waals surface area contributed by atoms with E-state index < -0.39 is 0 Å². The predicted octanol–water partition coefficient (Wildman–Crippen LogP) is 3.21. The van der Waals surface area contributed by atoms with Gasteiger partial charge in [-0.05, 0) is 34.0 Å². The number of hydrogen-bond acceptors (Lipinski definition) is 2. The maximum absolute atomic E-state index is 5.66. The Morgan fingerprint density at radius 1 is 1.41 bits per heavy atom. The summed E-state index contributed by atoms with van der Waals surface area (Å²) in [6, 6.07) is 8.28. The molecule has 3 rings (SSSR count). The largest absolute Gasteiger partial charge is 0.493 e. The van der Waals surface area contributed by atoms with E-state index in [1.54, 1.807) is 0 Å². The fraction of sp³-hybridized carbons (Fsp3) is 0.308. The zero-order chi connectivity index (χ0) is 11.7. The van der Waals surface area contributed by atoms with Crippen LogP contribution in [0.15, 0.2) is 41.1 Å². The van der Waals surface area contributed by atoms with E-state index in [1.165, 1.54) is 5.56 Å². The Hall–Kier alpha value is -1.29. The standard InChI is InChI=1S/C13H13BrN2O/c14-11-7-15-16(9-11)8-10-5-6-17-13-4-2-1-3-12(10)13/h1-4,7,9-10H,5-6,8H2. The second-order valence-corrected chi connectivity index (χ2v) is 5.17. The molecule has 88 valence electrons. The van der Waals surface area contributed by atoms with Crippen LogP contribution in [0, 0.1) is 0 Å². The van der Waals surface area contributed by atoms with Gasteiger partial charge < -0.3 is 4.74 Å². The Kier molecular flexibility index (Phi) is 2.89. The van der Waals surface area contributed by atoms with Crippen molar-refractivity contribution in [3.63, 3.8) is 0 Å². The molecule has 0 radical (unpaired) electrons. The van der Waals surface area contributed by atoms with E-state index in [0.29, 0.717) is 5.92 Å². The third-order valence-corrected chi connectivity index (χ3v) is 3.50. The molecule has 1 aromatic carbocycles. The zero-order valence-corrected chi connectivity index (χ0v) is 10.9. The van der Waals surface area contributed by atoms with Crippen molar-refractivity contribution in [2.45, 2.75) is 18.9 Å². The molecule has 0 N–H and O–H groups in total. The highest BCUT2D eigenvalue weighted by atomic mass is 79.9. The lowest BCUT2D eigenvalue weighted by molar-refractivity contribution is 0.256. The van der Waals surface area contributed by atoms with E-state index in [-0.39, 0.29) is 0 Å². The maximum Gasteiger partial charge on any atom is 0.122 e. The van der Waals surface area contributed by atoms with Gasteiger partial charge in [-0.3, -0.25) is 4.68 Å². The molecule has 0 aliphatic carbocycles. The highest BCUT2D eigenvalue weighted by Crippen LogP contribution is 2.34. The summed E-state index contributed by atoms with van der Waals surface area (Å²) in [6.07, 6.45) is 4.89. The topological polar surface area (TPSA) is 27.1 Å². The minimum atomic E-state index is 0.492. The van der Waals surface area contributed by atoms with Crippen LogP contribution in [-0.4, -0.2) is 16.4 Å². The van der Waals surface area contributed by atoms with Gasteiger partial charge in [0.25, 0.3) is 0 Å². The quantitative estimate of drug-likeness (QED) is 0.850. The maximum atomic E-state index is 5.66. The van der Waals surface area contributed by atoms with Gasteiger partial charge in [-0.2, -0.15) is 5.10 Å². The van der Waals surface area contributed by atoms with Gasteiger partial charge in [-0.1, -0.05) is 18.2 Å². The summed E-state index contributed by atoms with van der Waals surface area (Å²) in [6.45, 7) is 1.70. The van der Waals surface area contributed by atoms with Crippen molar-refractivity contribution in [1.29, 1.82) is 0 Å². The number of ether oxygens (including phenoxy) is 1. The number of fused-ring (bicyclic) bond motifs is 1. The van der Waals surface area contributed by atoms with Gasteiger partial charge in [0.15, 0.2) is 0 Å². The number of hydrogen-bond donors (Lipinski definition) is 0. The zero-order valence-electron chi connectivity index (χ0n) is 9.34. The third kappa shape index (κ3) is 2.22. The fourth-order valence-corrected chi connectivity index (χ4v) is 2.60. The molecule has 2 aromatic rings. The van der Waals surface area contributed by atoms with Crippen molar-refractivity contribution in [3.8, 4) is 5.75 Å². The third-order valence-electron chi connectivity index (χ3n) is 3.09. The average molecular weight is 293 g/mol. The Morgan fingerprint density at radius 3 is 3.12 bits per heavy atom. The molecule has 1 atom stereocenters. The molecule has 0 saturated heterocycles. The van der Waals surface area contributed by atoms with E-state index in [1.807, 2.05) is 29.2 Å². The normalized spacial score (nSPS) is 18.5. The Labute approximate surface area is 109 Å². The Bertz CT molecular complexity index is 524. The molecule has 0 saturated carbocycles. The summed E-state index contributed by atoms with van der Waals surface area (Å²) in [5, 5.41) is 4.31. The van der Waals surface area contributed by atoms with Crippen LogP contribution in [0.3, 0.4) is 0 Å². The van der Waals surface area contributed by atoms with Crippen molar-refractivity contribution in [2.24, 2.45) is 0 Å². The predicted molar refractivity (Wildman–Crippen MR) is 69.2 cm³/mol. The molecule has 2 heterocycles. The van der Waals surface area contributed by atoms with E-state index in [0.717, 1.165) is 29.8 Å². The summed E-state index contributed by atoms with van der Waals surface area (Å²) in [7, 11) is 0. The summed E-state index contributed by atoms with van der Waals surface area (Å²) in [4.78, 5) is 0. The summed E-state index contributed by atoms with van der Waals surface area (Å²) in [5.41, 5.74) is 1.30. The molecule has 1 aliphatic rings. The van der Waals surface area contributed by atoms with E-state index in [9.17, 15) is 0 Å². The van der Waals surface area contributed by atoms with Crippen molar-refractivity contribution >= 4 is 15.9 Å². The van der Waals surface area contributed by atoms with Crippen LogP contribution < -0.4 is 4.74 Å². The molecule has 3 nitrogen and oxygen atoms in total. The van der Waals surface area contributed by atoms with Crippen LogP contribution in [0.2, 0.25) is 0 Å². The molecule has 1 unspecified atom stereocenters. The summed E-state index contributed by atoms with van der Waals surface area (Å²) in [5.74, 6) is 1.52. The van der Waals surface area contributed by atoms with Crippen LogP contribution >= 0.6 is 15.9 Å². The van der Waals surface area contributed by atoms with Crippen LogP contribution in [0.5, 0.6) is 5.75 Å². The van der Waals surface area contributed by atoms with Gasteiger partial charge in [0, 0.05) is 18.7 Å². The summed E-state index contributed by atoms with van der Waals surface area (Å²) < 4.78 is 8.67. The Morgan fingerprint density at radius 2 is 2.29 bits per heavy atom. The molecule has 0 amide bonds. The highest BCUT2D eigenvalue weighted by Gasteiger charge is 2.21. The van der Waals surface area contributed by atoms with E-state index in [4.69, 9.17) is 4.74 Å². The monoisotopic (exact) mass is 292 g/mol. The number of aromatic nitrogens is 2. The molecule has 0 spiro atoms. The average Bonchev–Trinajstić information content (AvgIpc) is 2.75. The first-order valence-electron chi connectivity index (χ1n) is 5.72. The highest BCUT2D eigenvalue weighted by molar-refractivity contribution is 9.10. The first-order chi connectivity index (χ1) is 8.33. The molecular weight excluding hydrogens is 280 g/mol. The molecule has 1 aromatic heterocycles. The molecule has 0 bridgehead atoms. The van der Waals surface area contributed by atoms with Crippen LogP contribution in [0.1, 0.15) is 17.9 Å². The first kappa shape index (κ1) is 10.8.